The zero-order chi connectivity index (χ0) is 14.5. The van der Waals surface area contributed by atoms with Crippen LogP contribution in [0.4, 0.5) is 17.6 Å². The molecule has 6 heteroatoms. The Balaban J connectivity index is 2.52. The first-order valence-electron chi connectivity index (χ1n) is 5.99. The summed E-state index contributed by atoms with van der Waals surface area (Å²) in [7, 11) is 0. The van der Waals surface area contributed by atoms with E-state index < -0.39 is 25.0 Å². The lowest BCUT2D eigenvalue weighted by molar-refractivity contribution is -0.139. The van der Waals surface area contributed by atoms with Crippen molar-refractivity contribution >= 4 is 0 Å². The summed E-state index contributed by atoms with van der Waals surface area (Å²) in [5.41, 5.74) is 0.717. The molecule has 0 amide bonds. The molecular formula is C13H17F4NO. The third-order valence-electron chi connectivity index (χ3n) is 2.35. The van der Waals surface area contributed by atoms with Crippen LogP contribution < -0.4 is 10.1 Å². The molecule has 0 aromatic heterocycles. The highest BCUT2D eigenvalue weighted by molar-refractivity contribution is 5.29. The Morgan fingerprint density at radius 1 is 1.26 bits per heavy atom. The summed E-state index contributed by atoms with van der Waals surface area (Å²) < 4.78 is 54.1. The predicted molar refractivity (Wildman–Crippen MR) is 64.5 cm³/mol. The van der Waals surface area contributed by atoms with Gasteiger partial charge in [-0.2, -0.15) is 13.2 Å². The van der Waals surface area contributed by atoms with Gasteiger partial charge >= 0.3 is 6.18 Å². The summed E-state index contributed by atoms with van der Waals surface area (Å²) in [5.74, 6) is -0.803. The van der Waals surface area contributed by atoms with Crippen molar-refractivity contribution in [1.82, 2.24) is 5.32 Å². The molecule has 0 aliphatic carbocycles. The summed E-state index contributed by atoms with van der Waals surface area (Å²) in [6.07, 6.45) is -5.39. The van der Waals surface area contributed by atoms with Crippen LogP contribution >= 0.6 is 0 Å². The lowest BCUT2D eigenvalue weighted by atomic mass is 10.2. The average molecular weight is 279 g/mol. The van der Waals surface area contributed by atoms with Crippen molar-refractivity contribution in [2.75, 3.05) is 6.61 Å². The minimum atomic E-state index is -4.29. The van der Waals surface area contributed by atoms with Gasteiger partial charge in [0.2, 0.25) is 0 Å². The van der Waals surface area contributed by atoms with Crippen LogP contribution in [-0.2, 0) is 6.54 Å². The monoisotopic (exact) mass is 279 g/mol. The molecule has 0 atom stereocenters. The fourth-order valence-corrected chi connectivity index (χ4v) is 1.37. The number of hydrogen-bond donors (Lipinski definition) is 1. The quantitative estimate of drug-likeness (QED) is 0.802. The fourth-order valence-electron chi connectivity index (χ4n) is 1.37. The SMILES string of the molecule is CC(C)NCc1ccc(OCCC(F)(F)F)c(F)c1. The second kappa shape index (κ2) is 6.75. The van der Waals surface area contributed by atoms with Gasteiger partial charge < -0.3 is 10.1 Å². The third kappa shape index (κ3) is 6.42. The maximum atomic E-state index is 13.6. The van der Waals surface area contributed by atoms with Crippen LogP contribution in [0.2, 0.25) is 0 Å². The Morgan fingerprint density at radius 3 is 2.47 bits per heavy atom. The van der Waals surface area contributed by atoms with Crippen molar-refractivity contribution in [3.63, 3.8) is 0 Å². The molecule has 2 nitrogen and oxygen atoms in total. The molecule has 1 N–H and O–H groups in total. The van der Waals surface area contributed by atoms with E-state index in [1.54, 1.807) is 6.07 Å². The molecule has 0 saturated heterocycles. The predicted octanol–water partition coefficient (Wildman–Crippen LogP) is 3.65. The van der Waals surface area contributed by atoms with Gasteiger partial charge in [0.1, 0.15) is 0 Å². The molecule has 0 heterocycles. The van der Waals surface area contributed by atoms with E-state index in [1.807, 2.05) is 13.8 Å². The first-order chi connectivity index (χ1) is 8.78. The standard InChI is InChI=1S/C13H17F4NO/c1-9(2)18-8-10-3-4-12(11(14)7-10)19-6-5-13(15,16)17/h3-4,7,9,18H,5-6,8H2,1-2H3. The van der Waals surface area contributed by atoms with E-state index in [-0.39, 0.29) is 11.8 Å². The van der Waals surface area contributed by atoms with Crippen LogP contribution in [0.25, 0.3) is 0 Å². The topological polar surface area (TPSA) is 21.3 Å². The van der Waals surface area contributed by atoms with E-state index in [0.29, 0.717) is 6.54 Å². The zero-order valence-electron chi connectivity index (χ0n) is 10.9. The average Bonchev–Trinajstić information content (AvgIpc) is 2.27. The molecule has 1 aromatic carbocycles. The van der Waals surface area contributed by atoms with Gasteiger partial charge in [-0.25, -0.2) is 4.39 Å². The Morgan fingerprint density at radius 2 is 1.95 bits per heavy atom. The smallest absolute Gasteiger partial charge is 0.392 e. The normalized spacial score (nSPS) is 11.9. The molecular weight excluding hydrogens is 262 g/mol. The van der Waals surface area contributed by atoms with Gasteiger partial charge in [-0.3, -0.25) is 0 Å². The van der Waals surface area contributed by atoms with Gasteiger partial charge in [-0.1, -0.05) is 19.9 Å². The van der Waals surface area contributed by atoms with E-state index >= 15 is 0 Å². The van der Waals surface area contributed by atoms with Crippen molar-refractivity contribution < 1.29 is 22.3 Å². The van der Waals surface area contributed by atoms with Crippen LogP contribution in [0, 0.1) is 5.82 Å². The van der Waals surface area contributed by atoms with Crippen molar-refractivity contribution in [2.45, 2.75) is 39.0 Å². The number of alkyl halides is 3. The molecule has 0 bridgehead atoms. The van der Waals surface area contributed by atoms with Gasteiger partial charge in [0.25, 0.3) is 0 Å². The number of rotatable bonds is 6. The van der Waals surface area contributed by atoms with Crippen molar-refractivity contribution in [3.8, 4) is 5.75 Å². The molecule has 108 valence electrons. The van der Waals surface area contributed by atoms with E-state index in [9.17, 15) is 17.6 Å². The lowest BCUT2D eigenvalue weighted by Crippen LogP contribution is -2.21. The van der Waals surface area contributed by atoms with Gasteiger partial charge in [0, 0.05) is 12.6 Å². The second-order valence-corrected chi connectivity index (χ2v) is 4.51. The molecule has 0 saturated carbocycles. The van der Waals surface area contributed by atoms with Crippen molar-refractivity contribution in [1.29, 1.82) is 0 Å². The van der Waals surface area contributed by atoms with Gasteiger partial charge in [-0.15, -0.1) is 0 Å². The number of nitrogens with one attached hydrogen (secondary N) is 1. The Hall–Kier alpha value is -1.30. The Labute approximate surface area is 109 Å². The maximum absolute atomic E-state index is 13.6. The molecule has 1 rings (SSSR count). The van der Waals surface area contributed by atoms with Crippen LogP contribution in [0.5, 0.6) is 5.75 Å². The van der Waals surface area contributed by atoms with E-state index in [1.165, 1.54) is 12.1 Å². The van der Waals surface area contributed by atoms with Crippen molar-refractivity contribution in [2.24, 2.45) is 0 Å². The molecule has 0 unspecified atom stereocenters. The maximum Gasteiger partial charge on any atom is 0.392 e. The van der Waals surface area contributed by atoms with Crippen LogP contribution in [0.1, 0.15) is 25.8 Å². The lowest BCUT2D eigenvalue weighted by Gasteiger charge is -2.11. The number of benzene rings is 1. The molecule has 0 aliphatic heterocycles. The van der Waals surface area contributed by atoms with Gasteiger partial charge in [0.15, 0.2) is 11.6 Å². The van der Waals surface area contributed by atoms with E-state index in [2.05, 4.69) is 5.32 Å². The summed E-state index contributed by atoms with van der Waals surface area (Å²) in [5, 5.41) is 3.12. The summed E-state index contributed by atoms with van der Waals surface area (Å²) in [6, 6.07) is 4.51. The number of hydrogen-bond acceptors (Lipinski definition) is 2. The zero-order valence-corrected chi connectivity index (χ0v) is 10.9. The molecule has 19 heavy (non-hydrogen) atoms. The largest absolute Gasteiger partial charge is 0.490 e. The highest BCUT2D eigenvalue weighted by Crippen LogP contribution is 2.22. The summed E-state index contributed by atoms with van der Waals surface area (Å²) in [6.45, 7) is 3.84. The van der Waals surface area contributed by atoms with Crippen LogP contribution in [-0.4, -0.2) is 18.8 Å². The van der Waals surface area contributed by atoms with Gasteiger partial charge in [-0.05, 0) is 17.7 Å². The third-order valence-corrected chi connectivity index (χ3v) is 2.35. The summed E-state index contributed by atoms with van der Waals surface area (Å²) >= 11 is 0. The first-order valence-corrected chi connectivity index (χ1v) is 5.99. The minimum absolute atomic E-state index is 0.155. The van der Waals surface area contributed by atoms with E-state index in [0.717, 1.165) is 5.56 Å². The van der Waals surface area contributed by atoms with E-state index in [4.69, 9.17) is 4.74 Å². The molecule has 0 radical (unpaired) electrons. The van der Waals surface area contributed by atoms with Crippen LogP contribution in [0.3, 0.4) is 0 Å². The first kappa shape index (κ1) is 15.8. The minimum Gasteiger partial charge on any atom is -0.490 e. The van der Waals surface area contributed by atoms with Crippen LogP contribution in [0.15, 0.2) is 18.2 Å². The molecule has 0 aliphatic rings. The fraction of sp³-hybridized carbons (Fsp3) is 0.538. The highest BCUT2D eigenvalue weighted by atomic mass is 19.4. The van der Waals surface area contributed by atoms with Crippen molar-refractivity contribution in [3.05, 3.63) is 29.6 Å². The summed E-state index contributed by atoms with van der Waals surface area (Å²) in [4.78, 5) is 0. The second-order valence-electron chi connectivity index (χ2n) is 4.51. The van der Waals surface area contributed by atoms with Gasteiger partial charge in [0.05, 0.1) is 13.0 Å². The molecule has 0 spiro atoms. The molecule has 1 aromatic rings. The molecule has 0 fully saturated rings. The number of halogens is 4. The Kier molecular flexibility index (Phi) is 5.60. The number of ether oxygens (including phenoxy) is 1. The highest BCUT2D eigenvalue weighted by Gasteiger charge is 2.27. The Bertz CT molecular complexity index is 404.